The summed E-state index contributed by atoms with van der Waals surface area (Å²) in [4.78, 5) is 15.4. The van der Waals surface area contributed by atoms with Crippen molar-refractivity contribution in [2.75, 3.05) is 13.1 Å². The summed E-state index contributed by atoms with van der Waals surface area (Å²) in [6, 6.07) is 8.34. The van der Waals surface area contributed by atoms with Crippen LogP contribution in [0.5, 0.6) is 0 Å². The van der Waals surface area contributed by atoms with Crippen LogP contribution in [0, 0.1) is 6.92 Å². The molecule has 0 radical (unpaired) electrons. The van der Waals surface area contributed by atoms with Crippen molar-refractivity contribution in [3.8, 4) is 0 Å². The molecule has 0 saturated carbocycles. The first kappa shape index (κ1) is 15.2. The first-order valence-electron chi connectivity index (χ1n) is 7.96. The highest BCUT2D eigenvalue weighted by Gasteiger charge is 2.41. The Labute approximate surface area is 123 Å². The lowest BCUT2D eigenvalue weighted by molar-refractivity contribution is -0.130. The van der Waals surface area contributed by atoms with E-state index in [4.69, 9.17) is 0 Å². The molecule has 0 amide bonds. The van der Waals surface area contributed by atoms with Crippen LogP contribution in [0.1, 0.15) is 50.7 Å². The van der Waals surface area contributed by atoms with E-state index >= 15 is 0 Å². The van der Waals surface area contributed by atoms with Crippen LogP contribution < -0.4 is 0 Å². The summed E-state index contributed by atoms with van der Waals surface area (Å²) in [7, 11) is 0. The molecule has 1 saturated heterocycles. The number of Topliss-reactive ketones (excluding diaryl/α,β-unsaturated/α-hetero) is 1. The number of hydrogen-bond acceptors (Lipinski definition) is 2. The van der Waals surface area contributed by atoms with Gasteiger partial charge in [0.2, 0.25) is 0 Å². The molecule has 0 spiro atoms. The molecule has 20 heavy (non-hydrogen) atoms. The number of nitrogens with zero attached hydrogens (tertiary/aromatic N) is 1. The van der Waals surface area contributed by atoms with Gasteiger partial charge in [-0.3, -0.25) is 9.69 Å². The Kier molecular flexibility index (Phi) is 4.98. The number of hydrogen-bond donors (Lipinski definition) is 0. The van der Waals surface area contributed by atoms with Crippen molar-refractivity contribution in [1.82, 2.24) is 4.90 Å². The minimum Gasteiger partial charge on any atom is -0.297 e. The third-order valence-corrected chi connectivity index (χ3v) is 4.85. The Hall–Kier alpha value is -1.15. The van der Waals surface area contributed by atoms with Gasteiger partial charge in [-0.05, 0) is 51.3 Å². The normalized spacial score (nSPS) is 16.6. The van der Waals surface area contributed by atoms with Gasteiger partial charge >= 0.3 is 0 Å². The number of carbonyl (C=O) groups excluding carboxylic acids is 1. The van der Waals surface area contributed by atoms with Gasteiger partial charge < -0.3 is 0 Å². The monoisotopic (exact) mass is 273 g/mol. The SMILES string of the molecule is CCC(CC)(C(=O)Cc1cccc(C)c1)N1CCCC1. The van der Waals surface area contributed by atoms with Crippen LogP contribution in [-0.2, 0) is 11.2 Å². The summed E-state index contributed by atoms with van der Waals surface area (Å²) in [5.74, 6) is 0.398. The maximum atomic E-state index is 13.0. The molecule has 1 aromatic rings. The number of benzene rings is 1. The molecule has 0 atom stereocenters. The van der Waals surface area contributed by atoms with E-state index in [-0.39, 0.29) is 5.54 Å². The van der Waals surface area contributed by atoms with E-state index in [1.54, 1.807) is 0 Å². The number of carbonyl (C=O) groups is 1. The Morgan fingerprint density at radius 2 is 1.85 bits per heavy atom. The number of aryl methyl sites for hydroxylation is 1. The molecule has 2 heteroatoms. The van der Waals surface area contributed by atoms with E-state index in [9.17, 15) is 4.79 Å². The Balaban J connectivity index is 2.18. The van der Waals surface area contributed by atoms with E-state index in [1.807, 2.05) is 6.07 Å². The first-order chi connectivity index (χ1) is 9.62. The molecule has 0 bridgehead atoms. The lowest BCUT2D eigenvalue weighted by atomic mass is 9.83. The van der Waals surface area contributed by atoms with Crippen LogP contribution >= 0.6 is 0 Å². The highest BCUT2D eigenvalue weighted by molar-refractivity contribution is 5.90. The fraction of sp³-hybridized carbons (Fsp3) is 0.611. The Bertz CT molecular complexity index is 456. The zero-order valence-corrected chi connectivity index (χ0v) is 13.1. The van der Waals surface area contributed by atoms with Gasteiger partial charge in [-0.2, -0.15) is 0 Å². The largest absolute Gasteiger partial charge is 0.297 e. The molecule has 0 aliphatic carbocycles. The van der Waals surface area contributed by atoms with Gasteiger partial charge in [0.25, 0.3) is 0 Å². The van der Waals surface area contributed by atoms with Crippen LogP contribution in [-0.4, -0.2) is 29.3 Å². The molecule has 0 N–H and O–H groups in total. The maximum Gasteiger partial charge on any atom is 0.157 e. The quantitative estimate of drug-likeness (QED) is 0.786. The highest BCUT2D eigenvalue weighted by Crippen LogP contribution is 2.30. The van der Waals surface area contributed by atoms with Crippen molar-refractivity contribution < 1.29 is 4.79 Å². The maximum absolute atomic E-state index is 13.0. The molecule has 2 nitrogen and oxygen atoms in total. The molecule has 1 heterocycles. The van der Waals surface area contributed by atoms with E-state index in [0.29, 0.717) is 12.2 Å². The molecule has 110 valence electrons. The zero-order valence-electron chi connectivity index (χ0n) is 13.1. The van der Waals surface area contributed by atoms with Crippen molar-refractivity contribution in [3.63, 3.8) is 0 Å². The predicted molar refractivity (Wildman–Crippen MR) is 84.0 cm³/mol. The van der Waals surface area contributed by atoms with Gasteiger partial charge in [-0.1, -0.05) is 43.7 Å². The molecule has 0 aromatic heterocycles. The van der Waals surface area contributed by atoms with Gasteiger partial charge in [-0.15, -0.1) is 0 Å². The van der Waals surface area contributed by atoms with Crippen LogP contribution in [0.15, 0.2) is 24.3 Å². The summed E-state index contributed by atoms with van der Waals surface area (Å²) in [5.41, 5.74) is 2.15. The molecular weight excluding hydrogens is 246 g/mol. The average molecular weight is 273 g/mol. The third-order valence-electron chi connectivity index (χ3n) is 4.85. The topological polar surface area (TPSA) is 20.3 Å². The highest BCUT2D eigenvalue weighted by atomic mass is 16.1. The van der Waals surface area contributed by atoms with Crippen molar-refractivity contribution in [2.24, 2.45) is 0 Å². The van der Waals surface area contributed by atoms with E-state index in [2.05, 4.69) is 43.9 Å². The fourth-order valence-corrected chi connectivity index (χ4v) is 3.59. The number of ketones is 1. The van der Waals surface area contributed by atoms with Crippen LogP contribution in [0.4, 0.5) is 0 Å². The second-order valence-electron chi connectivity index (χ2n) is 6.02. The van der Waals surface area contributed by atoms with Crippen molar-refractivity contribution in [1.29, 1.82) is 0 Å². The molecule has 2 rings (SSSR count). The predicted octanol–water partition coefficient (Wildman–Crippen LogP) is 3.76. The minimum absolute atomic E-state index is 0.236. The number of rotatable bonds is 6. The van der Waals surface area contributed by atoms with E-state index in [1.165, 1.54) is 18.4 Å². The molecule has 1 aliphatic rings. The molecule has 1 aromatic carbocycles. The van der Waals surface area contributed by atoms with Crippen molar-refractivity contribution in [3.05, 3.63) is 35.4 Å². The van der Waals surface area contributed by atoms with Gasteiger partial charge in [0.1, 0.15) is 0 Å². The molecule has 1 fully saturated rings. The standard InChI is InChI=1S/C18H27NO/c1-4-18(5-2,19-11-6-7-12-19)17(20)14-16-10-8-9-15(3)13-16/h8-10,13H,4-7,11-12,14H2,1-3H3. The van der Waals surface area contributed by atoms with Crippen molar-refractivity contribution in [2.45, 2.75) is 58.4 Å². The average Bonchev–Trinajstić information content (AvgIpc) is 2.95. The van der Waals surface area contributed by atoms with Gasteiger partial charge in [0.05, 0.1) is 5.54 Å². The second-order valence-corrected chi connectivity index (χ2v) is 6.02. The molecule has 0 unspecified atom stereocenters. The Morgan fingerprint density at radius 3 is 2.40 bits per heavy atom. The summed E-state index contributed by atoms with van der Waals surface area (Å²) in [6.45, 7) is 8.58. The van der Waals surface area contributed by atoms with Crippen LogP contribution in [0.2, 0.25) is 0 Å². The van der Waals surface area contributed by atoms with Gasteiger partial charge in [-0.25, -0.2) is 0 Å². The lowest BCUT2D eigenvalue weighted by Crippen LogP contribution is -2.53. The summed E-state index contributed by atoms with van der Waals surface area (Å²) in [6.07, 6.45) is 4.89. The lowest BCUT2D eigenvalue weighted by Gasteiger charge is -2.39. The Morgan fingerprint density at radius 1 is 1.20 bits per heavy atom. The third kappa shape index (κ3) is 2.95. The van der Waals surface area contributed by atoms with E-state index in [0.717, 1.165) is 31.5 Å². The first-order valence-corrected chi connectivity index (χ1v) is 7.96. The molecule has 1 aliphatic heterocycles. The van der Waals surface area contributed by atoms with Gasteiger partial charge in [0.15, 0.2) is 5.78 Å². The minimum atomic E-state index is -0.236. The smallest absolute Gasteiger partial charge is 0.157 e. The summed E-state index contributed by atoms with van der Waals surface area (Å²) in [5, 5.41) is 0. The number of likely N-dealkylation sites (tertiary alicyclic amines) is 1. The fourth-order valence-electron chi connectivity index (χ4n) is 3.59. The molecular formula is C18H27NO. The second kappa shape index (κ2) is 6.53. The van der Waals surface area contributed by atoms with Gasteiger partial charge in [0, 0.05) is 6.42 Å². The van der Waals surface area contributed by atoms with Crippen LogP contribution in [0.3, 0.4) is 0 Å². The summed E-state index contributed by atoms with van der Waals surface area (Å²) >= 11 is 0. The van der Waals surface area contributed by atoms with Crippen LogP contribution in [0.25, 0.3) is 0 Å². The summed E-state index contributed by atoms with van der Waals surface area (Å²) < 4.78 is 0. The van der Waals surface area contributed by atoms with Crippen molar-refractivity contribution >= 4 is 5.78 Å². The van der Waals surface area contributed by atoms with E-state index < -0.39 is 0 Å². The zero-order chi connectivity index (χ0) is 14.6.